The van der Waals surface area contributed by atoms with Crippen LogP contribution in [0, 0.1) is 11.6 Å². The molecule has 0 unspecified atom stereocenters. The number of pyridine rings is 1. The van der Waals surface area contributed by atoms with E-state index in [4.69, 9.17) is 0 Å². The number of amides is 1. The molecule has 0 radical (unpaired) electrons. The molecule has 0 aliphatic heterocycles. The summed E-state index contributed by atoms with van der Waals surface area (Å²) < 4.78 is 53.2. The standard InChI is InChI=1S/C20H18F2N4O3S/c1-23-20(27)14-4-2-13(3-5-14)11-24-19-9-7-16(12-25-19)30(28,29)26-15-6-8-17(21)18(22)10-15/h2-10,12,26H,11H2,1H3,(H,23,27)(H,24,25). The number of nitrogens with zero attached hydrogens (tertiary/aromatic N) is 1. The number of rotatable bonds is 7. The topological polar surface area (TPSA) is 100 Å². The summed E-state index contributed by atoms with van der Waals surface area (Å²) >= 11 is 0. The molecule has 1 amide bonds. The second-order valence-corrected chi connectivity index (χ2v) is 7.93. The van der Waals surface area contributed by atoms with Crippen molar-refractivity contribution in [3.05, 3.63) is 83.6 Å². The predicted octanol–water partition coefficient (Wildman–Crippen LogP) is 3.13. The van der Waals surface area contributed by atoms with Gasteiger partial charge in [-0.25, -0.2) is 22.2 Å². The maximum atomic E-state index is 13.3. The molecule has 0 atom stereocenters. The van der Waals surface area contributed by atoms with Crippen LogP contribution in [0.4, 0.5) is 20.3 Å². The number of carbonyl (C=O) groups excluding carboxylic acids is 1. The molecule has 0 aliphatic rings. The number of nitrogens with one attached hydrogen (secondary N) is 3. The van der Waals surface area contributed by atoms with Crippen molar-refractivity contribution in [1.29, 1.82) is 0 Å². The van der Waals surface area contributed by atoms with Gasteiger partial charge in [0.1, 0.15) is 10.7 Å². The number of anilines is 2. The Morgan fingerprint density at radius 2 is 1.73 bits per heavy atom. The van der Waals surface area contributed by atoms with E-state index in [1.54, 1.807) is 31.3 Å². The molecule has 0 spiro atoms. The van der Waals surface area contributed by atoms with Crippen molar-refractivity contribution in [2.24, 2.45) is 0 Å². The van der Waals surface area contributed by atoms with Gasteiger partial charge in [-0.2, -0.15) is 0 Å². The summed E-state index contributed by atoms with van der Waals surface area (Å²) in [7, 11) is -2.45. The lowest BCUT2D eigenvalue weighted by Crippen LogP contribution is -2.17. The van der Waals surface area contributed by atoms with Crippen LogP contribution in [-0.4, -0.2) is 26.4 Å². The minimum absolute atomic E-state index is 0.101. The van der Waals surface area contributed by atoms with Gasteiger partial charge in [0, 0.05) is 31.4 Å². The molecule has 3 rings (SSSR count). The first-order chi connectivity index (χ1) is 14.3. The van der Waals surface area contributed by atoms with Gasteiger partial charge in [-0.3, -0.25) is 9.52 Å². The highest BCUT2D eigenvalue weighted by atomic mass is 32.2. The average molecular weight is 432 g/mol. The van der Waals surface area contributed by atoms with E-state index in [2.05, 4.69) is 20.3 Å². The Bertz CT molecular complexity index is 1150. The number of carbonyl (C=O) groups is 1. The minimum atomic E-state index is -4.01. The fraction of sp³-hybridized carbons (Fsp3) is 0.100. The van der Waals surface area contributed by atoms with Crippen LogP contribution in [0.25, 0.3) is 0 Å². The van der Waals surface area contributed by atoms with Crippen LogP contribution in [0.2, 0.25) is 0 Å². The molecule has 1 heterocycles. The quantitative estimate of drug-likeness (QED) is 0.533. The fourth-order valence-corrected chi connectivity index (χ4v) is 3.52. The molecule has 0 saturated carbocycles. The Hall–Kier alpha value is -3.53. The highest BCUT2D eigenvalue weighted by molar-refractivity contribution is 7.92. The van der Waals surface area contributed by atoms with Crippen LogP contribution in [0.15, 0.2) is 65.7 Å². The molecule has 7 nitrogen and oxygen atoms in total. The summed E-state index contributed by atoms with van der Waals surface area (Å²) in [6.07, 6.45) is 1.15. The Kier molecular flexibility index (Phi) is 6.26. The highest BCUT2D eigenvalue weighted by Crippen LogP contribution is 2.19. The third kappa shape index (κ3) is 5.09. The van der Waals surface area contributed by atoms with Gasteiger partial charge in [0.25, 0.3) is 15.9 Å². The molecule has 30 heavy (non-hydrogen) atoms. The van der Waals surface area contributed by atoms with Crippen molar-refractivity contribution >= 4 is 27.4 Å². The summed E-state index contributed by atoms with van der Waals surface area (Å²) in [5.74, 6) is -1.96. The van der Waals surface area contributed by atoms with Gasteiger partial charge in [0.05, 0.1) is 5.69 Å². The number of hydrogen-bond acceptors (Lipinski definition) is 5. The van der Waals surface area contributed by atoms with Gasteiger partial charge in [-0.05, 0) is 42.0 Å². The Labute approximate surface area is 172 Å². The Balaban J connectivity index is 1.63. The number of sulfonamides is 1. The first kappa shape index (κ1) is 21.2. The molecule has 1 aromatic heterocycles. The number of benzene rings is 2. The van der Waals surface area contributed by atoms with E-state index in [1.807, 2.05) is 0 Å². The molecule has 2 aromatic carbocycles. The summed E-state index contributed by atoms with van der Waals surface area (Å²) in [5, 5.41) is 5.59. The zero-order valence-corrected chi connectivity index (χ0v) is 16.6. The average Bonchev–Trinajstić information content (AvgIpc) is 2.75. The smallest absolute Gasteiger partial charge is 0.263 e. The van der Waals surface area contributed by atoms with E-state index in [9.17, 15) is 22.0 Å². The monoisotopic (exact) mass is 432 g/mol. The van der Waals surface area contributed by atoms with Crippen LogP contribution in [-0.2, 0) is 16.6 Å². The maximum absolute atomic E-state index is 13.3. The van der Waals surface area contributed by atoms with Crippen LogP contribution in [0.1, 0.15) is 15.9 Å². The third-order valence-corrected chi connectivity index (χ3v) is 5.50. The van der Waals surface area contributed by atoms with Crippen molar-refractivity contribution in [2.75, 3.05) is 17.1 Å². The molecule has 0 bridgehead atoms. The summed E-state index contributed by atoms with van der Waals surface area (Å²) in [6.45, 7) is 0.417. The maximum Gasteiger partial charge on any atom is 0.263 e. The fourth-order valence-electron chi connectivity index (χ4n) is 2.53. The molecule has 0 saturated heterocycles. The van der Waals surface area contributed by atoms with Gasteiger partial charge >= 0.3 is 0 Å². The number of halogens is 2. The summed E-state index contributed by atoms with van der Waals surface area (Å²) in [6, 6.07) is 12.5. The van der Waals surface area contributed by atoms with Gasteiger partial charge in [-0.15, -0.1) is 0 Å². The molecule has 3 N–H and O–H groups in total. The van der Waals surface area contributed by atoms with Crippen LogP contribution in [0.5, 0.6) is 0 Å². The van der Waals surface area contributed by atoms with E-state index < -0.39 is 21.7 Å². The van der Waals surface area contributed by atoms with E-state index in [0.29, 0.717) is 17.9 Å². The van der Waals surface area contributed by atoms with Crippen LogP contribution in [0.3, 0.4) is 0 Å². The molecular formula is C20H18F2N4O3S. The molecule has 0 fully saturated rings. The van der Waals surface area contributed by atoms with Gasteiger partial charge < -0.3 is 10.6 Å². The molecule has 3 aromatic rings. The molecule has 0 aliphatic carbocycles. The van der Waals surface area contributed by atoms with Crippen molar-refractivity contribution in [2.45, 2.75) is 11.4 Å². The van der Waals surface area contributed by atoms with Gasteiger partial charge in [0.2, 0.25) is 0 Å². The Morgan fingerprint density at radius 3 is 2.33 bits per heavy atom. The van der Waals surface area contributed by atoms with E-state index in [1.165, 1.54) is 12.1 Å². The SMILES string of the molecule is CNC(=O)c1ccc(CNc2ccc(S(=O)(=O)Nc3ccc(F)c(F)c3)cn2)cc1. The van der Waals surface area contributed by atoms with E-state index in [0.717, 1.165) is 30.0 Å². The first-order valence-electron chi connectivity index (χ1n) is 8.77. The van der Waals surface area contributed by atoms with Crippen LogP contribution < -0.4 is 15.4 Å². The minimum Gasteiger partial charge on any atom is -0.366 e. The highest BCUT2D eigenvalue weighted by Gasteiger charge is 2.16. The second-order valence-electron chi connectivity index (χ2n) is 6.24. The van der Waals surface area contributed by atoms with E-state index >= 15 is 0 Å². The van der Waals surface area contributed by atoms with Crippen molar-refractivity contribution < 1.29 is 22.0 Å². The predicted molar refractivity (Wildman–Crippen MR) is 109 cm³/mol. The summed E-state index contributed by atoms with van der Waals surface area (Å²) in [5.41, 5.74) is 1.35. The Morgan fingerprint density at radius 1 is 1.00 bits per heavy atom. The van der Waals surface area contributed by atoms with Crippen molar-refractivity contribution in [3.63, 3.8) is 0 Å². The zero-order chi connectivity index (χ0) is 21.7. The lowest BCUT2D eigenvalue weighted by atomic mass is 10.1. The third-order valence-electron chi connectivity index (χ3n) is 4.14. The first-order valence-corrected chi connectivity index (χ1v) is 10.3. The number of hydrogen-bond donors (Lipinski definition) is 3. The van der Waals surface area contributed by atoms with Gasteiger partial charge in [0.15, 0.2) is 11.6 Å². The zero-order valence-electron chi connectivity index (χ0n) is 15.8. The van der Waals surface area contributed by atoms with Crippen LogP contribution >= 0.6 is 0 Å². The summed E-state index contributed by atoms with van der Waals surface area (Å²) in [4.78, 5) is 15.5. The number of aromatic nitrogens is 1. The van der Waals surface area contributed by atoms with E-state index in [-0.39, 0.29) is 16.5 Å². The molecule has 10 heteroatoms. The molecular weight excluding hydrogens is 414 g/mol. The van der Waals surface area contributed by atoms with Crippen molar-refractivity contribution in [1.82, 2.24) is 10.3 Å². The van der Waals surface area contributed by atoms with Gasteiger partial charge in [-0.1, -0.05) is 12.1 Å². The lowest BCUT2D eigenvalue weighted by molar-refractivity contribution is 0.0963. The largest absolute Gasteiger partial charge is 0.366 e. The second kappa shape index (κ2) is 8.87. The lowest BCUT2D eigenvalue weighted by Gasteiger charge is -2.10. The normalized spacial score (nSPS) is 11.0. The van der Waals surface area contributed by atoms with Crippen molar-refractivity contribution in [3.8, 4) is 0 Å². The molecule has 156 valence electrons.